The number of nitrogens with zero attached hydrogens (tertiary/aromatic N) is 1. The minimum Gasteiger partial charge on any atom is -0.484 e. The Morgan fingerprint density at radius 1 is 1.36 bits per heavy atom. The van der Waals surface area contributed by atoms with E-state index in [9.17, 15) is 0 Å². The van der Waals surface area contributed by atoms with Gasteiger partial charge in [-0.05, 0) is 13.3 Å². The van der Waals surface area contributed by atoms with Gasteiger partial charge in [-0.2, -0.15) is 0 Å². The third-order valence-corrected chi connectivity index (χ3v) is 1.96. The molecule has 66 valence electrons. The average Bonchev–Trinajstić information content (AvgIpc) is 2.00. The van der Waals surface area contributed by atoms with Crippen LogP contribution in [0, 0.1) is 5.41 Å². The molecule has 0 amide bonds. The summed E-state index contributed by atoms with van der Waals surface area (Å²) >= 11 is 0. The molecule has 0 atom stereocenters. The van der Waals surface area contributed by atoms with Crippen LogP contribution >= 0.6 is 0 Å². The van der Waals surface area contributed by atoms with Crippen LogP contribution in [0.25, 0.3) is 0 Å². The highest BCUT2D eigenvalue weighted by Gasteiger charge is 2.23. The van der Waals surface area contributed by atoms with Gasteiger partial charge in [0.2, 0.25) is 0 Å². The predicted molar refractivity (Wildman–Crippen MR) is 49.1 cm³/mol. The van der Waals surface area contributed by atoms with E-state index in [-0.39, 0.29) is 5.41 Å². The molecule has 0 unspecified atom stereocenters. The maximum absolute atomic E-state index is 5.20. The fourth-order valence-corrected chi connectivity index (χ4v) is 0.850. The van der Waals surface area contributed by atoms with Gasteiger partial charge in [-0.3, -0.25) is 4.99 Å². The first-order chi connectivity index (χ1) is 5.08. The largest absolute Gasteiger partial charge is 0.484 e. The van der Waals surface area contributed by atoms with Crippen LogP contribution in [0.1, 0.15) is 34.1 Å². The van der Waals surface area contributed by atoms with Crippen LogP contribution in [0.15, 0.2) is 4.99 Å². The molecule has 2 heteroatoms. The van der Waals surface area contributed by atoms with E-state index in [4.69, 9.17) is 4.74 Å². The molecular weight excluding hydrogens is 138 g/mol. The molecule has 0 aliphatic carbocycles. The molecule has 0 aliphatic heterocycles. The Morgan fingerprint density at radius 2 is 1.91 bits per heavy atom. The fraction of sp³-hybridized carbons (Fsp3) is 0.889. The van der Waals surface area contributed by atoms with Crippen LogP contribution in [0.4, 0.5) is 0 Å². The molecule has 0 bridgehead atoms. The zero-order chi connectivity index (χ0) is 8.91. The molecule has 0 aromatic carbocycles. The zero-order valence-corrected chi connectivity index (χ0v) is 8.27. The second-order valence-electron chi connectivity index (χ2n) is 3.22. The summed E-state index contributed by atoms with van der Waals surface area (Å²) in [4.78, 5) is 4.28. The molecule has 0 aromatic rings. The molecule has 0 saturated heterocycles. The summed E-state index contributed by atoms with van der Waals surface area (Å²) in [6, 6.07) is 0. The van der Waals surface area contributed by atoms with Crippen molar-refractivity contribution < 1.29 is 4.74 Å². The lowest BCUT2D eigenvalue weighted by Gasteiger charge is -2.23. The molecule has 0 N–H and O–H groups in total. The van der Waals surface area contributed by atoms with Gasteiger partial charge in [-0.15, -0.1) is 0 Å². The zero-order valence-electron chi connectivity index (χ0n) is 8.27. The summed E-state index contributed by atoms with van der Waals surface area (Å²) in [5.74, 6) is 0.863. The Balaban J connectivity index is 4.36. The number of aliphatic imine (C=N–C) groups is 1. The topological polar surface area (TPSA) is 21.6 Å². The van der Waals surface area contributed by atoms with E-state index in [1.54, 1.807) is 7.11 Å². The van der Waals surface area contributed by atoms with E-state index >= 15 is 0 Å². The lowest BCUT2D eigenvalue weighted by atomic mass is 9.90. The van der Waals surface area contributed by atoms with Crippen molar-refractivity contribution >= 4 is 5.90 Å². The van der Waals surface area contributed by atoms with Gasteiger partial charge in [-0.1, -0.05) is 20.8 Å². The van der Waals surface area contributed by atoms with Gasteiger partial charge in [0.25, 0.3) is 0 Å². The van der Waals surface area contributed by atoms with Crippen molar-refractivity contribution in [3.63, 3.8) is 0 Å². The summed E-state index contributed by atoms with van der Waals surface area (Å²) in [7, 11) is 1.69. The quantitative estimate of drug-likeness (QED) is 0.455. The van der Waals surface area contributed by atoms with Gasteiger partial charge in [0, 0.05) is 12.0 Å². The van der Waals surface area contributed by atoms with Gasteiger partial charge < -0.3 is 4.74 Å². The van der Waals surface area contributed by atoms with Crippen molar-refractivity contribution in [2.24, 2.45) is 10.4 Å². The molecule has 11 heavy (non-hydrogen) atoms. The van der Waals surface area contributed by atoms with Gasteiger partial charge in [-0.25, -0.2) is 0 Å². The fourth-order valence-electron chi connectivity index (χ4n) is 0.850. The molecule has 0 spiro atoms. The van der Waals surface area contributed by atoms with Crippen molar-refractivity contribution in [3.8, 4) is 0 Å². The van der Waals surface area contributed by atoms with Crippen molar-refractivity contribution in [3.05, 3.63) is 0 Å². The number of hydrogen-bond donors (Lipinski definition) is 0. The van der Waals surface area contributed by atoms with Crippen LogP contribution in [-0.2, 0) is 4.74 Å². The first-order valence-electron chi connectivity index (χ1n) is 4.17. The summed E-state index contributed by atoms with van der Waals surface area (Å²) < 4.78 is 5.20. The van der Waals surface area contributed by atoms with Crippen LogP contribution in [0.2, 0.25) is 0 Å². The van der Waals surface area contributed by atoms with E-state index < -0.39 is 0 Å². The Hall–Kier alpha value is -0.530. The molecule has 0 heterocycles. The second-order valence-corrected chi connectivity index (χ2v) is 3.22. The number of hydrogen-bond acceptors (Lipinski definition) is 2. The van der Waals surface area contributed by atoms with E-state index in [1.807, 2.05) is 6.92 Å². The van der Waals surface area contributed by atoms with Gasteiger partial charge in [0.15, 0.2) is 5.90 Å². The smallest absolute Gasteiger partial charge is 0.188 e. The summed E-state index contributed by atoms with van der Waals surface area (Å²) in [5, 5.41) is 0. The SMILES string of the molecule is CC/N=C(/OC)C(C)(C)CC. The molecule has 0 radical (unpaired) electrons. The summed E-state index contributed by atoms with van der Waals surface area (Å²) in [5.41, 5.74) is 0.0881. The van der Waals surface area contributed by atoms with Crippen LogP contribution in [0.3, 0.4) is 0 Å². The highest BCUT2D eigenvalue weighted by molar-refractivity contribution is 5.81. The lowest BCUT2D eigenvalue weighted by Crippen LogP contribution is -2.25. The number of methoxy groups -OCH3 is 1. The monoisotopic (exact) mass is 157 g/mol. The van der Waals surface area contributed by atoms with E-state index in [1.165, 1.54) is 0 Å². The van der Waals surface area contributed by atoms with Crippen LogP contribution in [0.5, 0.6) is 0 Å². The second kappa shape index (κ2) is 4.37. The molecule has 0 aliphatic rings. The van der Waals surface area contributed by atoms with Crippen molar-refractivity contribution in [1.82, 2.24) is 0 Å². The highest BCUT2D eigenvalue weighted by atomic mass is 16.5. The minimum atomic E-state index is 0.0881. The first kappa shape index (κ1) is 10.5. The molecule has 0 fully saturated rings. The van der Waals surface area contributed by atoms with Crippen LogP contribution in [-0.4, -0.2) is 19.6 Å². The molecule has 0 rings (SSSR count). The molecular formula is C9H19NO. The molecule has 0 saturated carbocycles. The minimum absolute atomic E-state index is 0.0881. The summed E-state index contributed by atoms with van der Waals surface area (Å²) in [6.45, 7) is 9.25. The first-order valence-corrected chi connectivity index (χ1v) is 4.17. The van der Waals surface area contributed by atoms with Gasteiger partial charge in [0.1, 0.15) is 0 Å². The molecule has 0 aromatic heterocycles. The van der Waals surface area contributed by atoms with Crippen molar-refractivity contribution in [1.29, 1.82) is 0 Å². The van der Waals surface area contributed by atoms with Gasteiger partial charge >= 0.3 is 0 Å². The van der Waals surface area contributed by atoms with E-state index in [0.717, 1.165) is 18.9 Å². The van der Waals surface area contributed by atoms with E-state index in [2.05, 4.69) is 25.8 Å². The summed E-state index contributed by atoms with van der Waals surface area (Å²) in [6.07, 6.45) is 1.06. The van der Waals surface area contributed by atoms with Crippen molar-refractivity contribution in [2.75, 3.05) is 13.7 Å². The standard InChI is InChI=1S/C9H19NO/c1-6-9(3,4)8(11-5)10-7-2/h6-7H2,1-5H3/b10-8+. The maximum atomic E-state index is 5.20. The Labute approximate surface area is 69.7 Å². The predicted octanol–water partition coefficient (Wildman–Crippen LogP) is 2.49. The third-order valence-electron chi connectivity index (χ3n) is 1.96. The van der Waals surface area contributed by atoms with E-state index in [0.29, 0.717) is 0 Å². The highest BCUT2D eigenvalue weighted by Crippen LogP contribution is 2.22. The normalized spacial score (nSPS) is 13.4. The lowest BCUT2D eigenvalue weighted by molar-refractivity contribution is 0.316. The van der Waals surface area contributed by atoms with Crippen LogP contribution < -0.4 is 0 Å². The molecule has 2 nitrogen and oxygen atoms in total. The Morgan fingerprint density at radius 3 is 2.18 bits per heavy atom. The third kappa shape index (κ3) is 2.91. The van der Waals surface area contributed by atoms with Gasteiger partial charge in [0.05, 0.1) is 7.11 Å². The average molecular weight is 157 g/mol. The maximum Gasteiger partial charge on any atom is 0.188 e. The Bertz CT molecular complexity index is 138. The Kier molecular flexibility index (Phi) is 4.16. The van der Waals surface area contributed by atoms with Crippen molar-refractivity contribution in [2.45, 2.75) is 34.1 Å². The number of ether oxygens (including phenoxy) is 1. The number of rotatable bonds is 3.